The van der Waals surface area contributed by atoms with Gasteiger partial charge < -0.3 is 5.32 Å². The van der Waals surface area contributed by atoms with Gasteiger partial charge >= 0.3 is 0 Å². The summed E-state index contributed by atoms with van der Waals surface area (Å²) in [6.45, 7) is 0. The van der Waals surface area contributed by atoms with Gasteiger partial charge in [0.25, 0.3) is 11.6 Å². The zero-order valence-electron chi connectivity index (χ0n) is 9.83. The first-order valence-electron chi connectivity index (χ1n) is 5.21. The minimum atomic E-state index is -0.765. The summed E-state index contributed by atoms with van der Waals surface area (Å²) in [6.07, 6.45) is 2.89. The molecule has 1 N–H and O–H groups in total. The van der Waals surface area contributed by atoms with Crippen LogP contribution in [-0.2, 0) is 7.05 Å². The average Bonchev–Trinajstić information content (AvgIpc) is 2.74. The molecule has 0 aliphatic rings. The summed E-state index contributed by atoms with van der Waals surface area (Å²) in [7, 11) is 1.65. The monoisotopic (exact) mass is 264 g/mol. The lowest BCUT2D eigenvalue weighted by molar-refractivity contribution is -0.385. The van der Waals surface area contributed by atoms with Gasteiger partial charge in [0.2, 0.25) is 0 Å². The van der Waals surface area contributed by atoms with Crippen LogP contribution in [0.1, 0.15) is 10.4 Å². The van der Waals surface area contributed by atoms with Crippen molar-refractivity contribution in [2.75, 3.05) is 5.32 Å². The van der Waals surface area contributed by atoms with Gasteiger partial charge in [0, 0.05) is 19.3 Å². The summed E-state index contributed by atoms with van der Waals surface area (Å²) < 4.78 is 14.5. The highest BCUT2D eigenvalue weighted by molar-refractivity contribution is 6.06. The summed E-state index contributed by atoms with van der Waals surface area (Å²) in [5.41, 5.74) is -0.428. The van der Waals surface area contributed by atoms with Crippen molar-refractivity contribution in [3.63, 3.8) is 0 Å². The van der Waals surface area contributed by atoms with Gasteiger partial charge in [-0.25, -0.2) is 4.39 Å². The smallest absolute Gasteiger partial charge is 0.282 e. The van der Waals surface area contributed by atoms with E-state index in [4.69, 9.17) is 0 Å². The lowest BCUT2D eigenvalue weighted by Crippen LogP contribution is -2.14. The number of anilines is 1. The number of hydrogen-bond donors (Lipinski definition) is 1. The number of nitro benzene ring substituents is 1. The third-order valence-corrected chi connectivity index (χ3v) is 2.36. The molecule has 0 atom stereocenters. The van der Waals surface area contributed by atoms with Crippen molar-refractivity contribution in [1.29, 1.82) is 0 Å². The first-order chi connectivity index (χ1) is 8.97. The van der Waals surface area contributed by atoms with Crippen LogP contribution in [0, 0.1) is 15.9 Å². The molecule has 2 aromatic rings. The van der Waals surface area contributed by atoms with Gasteiger partial charge in [-0.05, 0) is 12.1 Å². The van der Waals surface area contributed by atoms with E-state index >= 15 is 0 Å². The maximum atomic E-state index is 13.1. The van der Waals surface area contributed by atoms with Crippen LogP contribution < -0.4 is 5.32 Å². The summed E-state index contributed by atoms with van der Waals surface area (Å²) in [5.74, 6) is -1.49. The molecule has 0 aliphatic heterocycles. The van der Waals surface area contributed by atoms with Crippen molar-refractivity contribution >= 4 is 17.3 Å². The Kier molecular flexibility index (Phi) is 3.23. The zero-order valence-corrected chi connectivity index (χ0v) is 9.83. The maximum absolute atomic E-state index is 13.1. The summed E-state index contributed by atoms with van der Waals surface area (Å²) >= 11 is 0. The molecule has 1 heterocycles. The van der Waals surface area contributed by atoms with Crippen LogP contribution in [-0.4, -0.2) is 20.6 Å². The Balaban J connectivity index is 2.32. The molecule has 8 heteroatoms. The highest BCUT2D eigenvalue weighted by atomic mass is 19.1. The molecule has 0 unspecified atom stereocenters. The molecule has 1 aromatic carbocycles. The van der Waals surface area contributed by atoms with Gasteiger partial charge in [-0.15, -0.1) is 0 Å². The van der Waals surface area contributed by atoms with E-state index in [-0.39, 0.29) is 5.56 Å². The molecule has 0 aliphatic carbocycles. The third kappa shape index (κ3) is 2.73. The molecule has 0 saturated heterocycles. The minimum absolute atomic E-state index is 0.339. The molecule has 98 valence electrons. The van der Waals surface area contributed by atoms with Gasteiger partial charge in [-0.2, -0.15) is 5.10 Å². The topological polar surface area (TPSA) is 90.1 Å². The fourth-order valence-electron chi connectivity index (χ4n) is 1.53. The molecule has 0 spiro atoms. The Morgan fingerprint density at radius 2 is 2.26 bits per heavy atom. The summed E-state index contributed by atoms with van der Waals surface area (Å²) in [4.78, 5) is 21.9. The second-order valence-electron chi connectivity index (χ2n) is 3.78. The molecule has 0 fully saturated rings. The standard InChI is InChI=1S/C11H9FN4O3/c1-15-6-8(5-13-15)14-11(17)9-4-7(12)2-3-10(9)16(18)19/h2-6H,1H3,(H,14,17). The lowest BCUT2D eigenvalue weighted by Gasteiger charge is -2.03. The first-order valence-corrected chi connectivity index (χ1v) is 5.21. The van der Waals surface area contributed by atoms with Crippen LogP contribution in [0.3, 0.4) is 0 Å². The Bertz CT molecular complexity index is 653. The Hall–Kier alpha value is -2.77. The number of nitrogens with one attached hydrogen (secondary N) is 1. The van der Waals surface area contributed by atoms with Gasteiger partial charge in [0.1, 0.15) is 11.4 Å². The minimum Gasteiger partial charge on any atom is -0.319 e. The molecule has 0 radical (unpaired) electrons. The molecule has 0 bridgehead atoms. The number of nitrogens with zero attached hydrogens (tertiary/aromatic N) is 3. The van der Waals surface area contributed by atoms with Gasteiger partial charge in [0.15, 0.2) is 0 Å². The maximum Gasteiger partial charge on any atom is 0.282 e. The van der Waals surface area contributed by atoms with Crippen molar-refractivity contribution < 1.29 is 14.1 Å². The van der Waals surface area contributed by atoms with Crippen LogP contribution >= 0.6 is 0 Å². The van der Waals surface area contributed by atoms with Crippen molar-refractivity contribution in [1.82, 2.24) is 9.78 Å². The number of nitro groups is 1. The van der Waals surface area contributed by atoms with E-state index in [2.05, 4.69) is 10.4 Å². The van der Waals surface area contributed by atoms with Gasteiger partial charge in [-0.3, -0.25) is 19.6 Å². The number of hydrogen-bond acceptors (Lipinski definition) is 4. The second kappa shape index (κ2) is 4.84. The fourth-order valence-corrected chi connectivity index (χ4v) is 1.53. The number of amides is 1. The van der Waals surface area contributed by atoms with Gasteiger partial charge in [-0.1, -0.05) is 0 Å². The number of carbonyl (C=O) groups is 1. The van der Waals surface area contributed by atoms with Crippen molar-refractivity contribution in [3.05, 3.63) is 52.1 Å². The third-order valence-electron chi connectivity index (χ3n) is 2.36. The molecule has 19 heavy (non-hydrogen) atoms. The predicted octanol–water partition coefficient (Wildman–Crippen LogP) is 1.72. The predicted molar refractivity (Wildman–Crippen MR) is 64.2 cm³/mol. The van der Waals surface area contributed by atoms with E-state index in [1.54, 1.807) is 7.05 Å². The van der Waals surface area contributed by atoms with Crippen LogP contribution in [0.15, 0.2) is 30.6 Å². The number of rotatable bonds is 3. The van der Waals surface area contributed by atoms with E-state index in [0.29, 0.717) is 5.69 Å². The summed E-state index contributed by atoms with van der Waals surface area (Å²) in [6, 6.07) is 2.70. The van der Waals surface area contributed by atoms with E-state index in [1.807, 2.05) is 0 Å². The molecular formula is C11H9FN4O3. The van der Waals surface area contributed by atoms with E-state index < -0.39 is 22.3 Å². The Morgan fingerprint density at radius 1 is 1.53 bits per heavy atom. The van der Waals surface area contributed by atoms with Crippen LogP contribution in [0.2, 0.25) is 0 Å². The normalized spacial score (nSPS) is 10.2. The zero-order chi connectivity index (χ0) is 14.0. The molecule has 2 rings (SSSR count). The Morgan fingerprint density at radius 3 is 2.84 bits per heavy atom. The van der Waals surface area contributed by atoms with Crippen LogP contribution in [0.25, 0.3) is 0 Å². The second-order valence-corrected chi connectivity index (χ2v) is 3.78. The largest absolute Gasteiger partial charge is 0.319 e. The number of carbonyl (C=O) groups excluding carboxylic acids is 1. The number of benzene rings is 1. The SMILES string of the molecule is Cn1cc(NC(=O)c2cc(F)ccc2[N+](=O)[O-])cn1. The summed E-state index contributed by atoms with van der Waals surface area (Å²) in [5, 5.41) is 17.0. The van der Waals surface area contributed by atoms with Crippen molar-refractivity contribution in [2.45, 2.75) is 0 Å². The quantitative estimate of drug-likeness (QED) is 0.675. The molecule has 0 saturated carbocycles. The van der Waals surface area contributed by atoms with Crippen molar-refractivity contribution in [2.24, 2.45) is 7.05 Å². The lowest BCUT2D eigenvalue weighted by atomic mass is 10.1. The number of aryl methyl sites for hydroxylation is 1. The van der Waals surface area contributed by atoms with E-state index in [1.165, 1.54) is 17.1 Å². The first kappa shape index (κ1) is 12.7. The molecular weight excluding hydrogens is 255 g/mol. The number of halogens is 1. The highest BCUT2D eigenvalue weighted by Gasteiger charge is 2.21. The van der Waals surface area contributed by atoms with Crippen LogP contribution in [0.4, 0.5) is 15.8 Å². The Labute approximate surface area is 106 Å². The van der Waals surface area contributed by atoms with Gasteiger partial charge in [0.05, 0.1) is 16.8 Å². The van der Waals surface area contributed by atoms with E-state index in [0.717, 1.165) is 18.2 Å². The molecule has 1 aromatic heterocycles. The fraction of sp³-hybridized carbons (Fsp3) is 0.0909. The highest BCUT2D eigenvalue weighted by Crippen LogP contribution is 2.20. The van der Waals surface area contributed by atoms with Crippen molar-refractivity contribution in [3.8, 4) is 0 Å². The number of aromatic nitrogens is 2. The molecule has 1 amide bonds. The van der Waals surface area contributed by atoms with E-state index in [9.17, 15) is 19.3 Å². The molecule has 7 nitrogen and oxygen atoms in total. The average molecular weight is 264 g/mol. The van der Waals surface area contributed by atoms with Crippen LogP contribution in [0.5, 0.6) is 0 Å².